The van der Waals surface area contributed by atoms with Gasteiger partial charge in [-0.1, -0.05) is 13.8 Å². The molecular weight excluding hydrogens is 246 g/mol. The van der Waals surface area contributed by atoms with Gasteiger partial charge in [-0.05, 0) is 17.9 Å². The van der Waals surface area contributed by atoms with Crippen LogP contribution in [0.5, 0.6) is 0 Å². The number of ether oxygens (including phenoxy) is 1. The Morgan fingerprint density at radius 1 is 1.22 bits per heavy atom. The van der Waals surface area contributed by atoms with Crippen LogP contribution in [0, 0.1) is 6.92 Å². The Hall–Kier alpha value is -1.20. The Balaban J connectivity index is 0.000000574. The molecule has 1 fully saturated rings. The van der Waals surface area contributed by atoms with E-state index in [1.807, 2.05) is 13.8 Å². The van der Waals surface area contributed by atoms with Crippen LogP contribution in [0.25, 0.3) is 10.2 Å². The number of nitrogens with zero attached hydrogens (tertiary/aromatic N) is 3. The minimum atomic E-state index is 0.786. The lowest BCUT2D eigenvalue weighted by molar-refractivity contribution is 0.122. The highest BCUT2D eigenvalue weighted by atomic mass is 32.1. The summed E-state index contributed by atoms with van der Waals surface area (Å²) in [5.41, 5.74) is 1.27. The first-order valence-electron chi connectivity index (χ1n) is 6.38. The van der Waals surface area contributed by atoms with E-state index in [0.717, 1.165) is 37.0 Å². The van der Waals surface area contributed by atoms with E-state index >= 15 is 0 Å². The number of morpholine rings is 1. The van der Waals surface area contributed by atoms with E-state index in [-0.39, 0.29) is 0 Å². The van der Waals surface area contributed by atoms with Gasteiger partial charge in [-0.2, -0.15) is 0 Å². The largest absolute Gasteiger partial charge is 0.378 e. The first-order chi connectivity index (χ1) is 8.86. The van der Waals surface area contributed by atoms with Crippen LogP contribution >= 0.6 is 11.3 Å². The van der Waals surface area contributed by atoms with Crippen LogP contribution in [0.2, 0.25) is 0 Å². The molecule has 0 aromatic carbocycles. The molecule has 1 saturated heterocycles. The minimum Gasteiger partial charge on any atom is -0.378 e. The number of thiophene rings is 1. The Morgan fingerprint density at radius 2 is 1.94 bits per heavy atom. The molecule has 0 radical (unpaired) electrons. The van der Waals surface area contributed by atoms with Crippen molar-refractivity contribution in [1.29, 1.82) is 0 Å². The van der Waals surface area contributed by atoms with Crippen LogP contribution in [0.3, 0.4) is 0 Å². The molecule has 1 aliphatic rings. The zero-order valence-electron chi connectivity index (χ0n) is 11.1. The number of rotatable bonds is 1. The number of aryl methyl sites for hydroxylation is 1. The van der Waals surface area contributed by atoms with Gasteiger partial charge in [-0.3, -0.25) is 0 Å². The normalized spacial score (nSPS) is 15.4. The van der Waals surface area contributed by atoms with Gasteiger partial charge >= 0.3 is 0 Å². The Bertz CT molecular complexity index is 506. The smallest absolute Gasteiger partial charge is 0.141 e. The van der Waals surface area contributed by atoms with Crippen molar-refractivity contribution in [1.82, 2.24) is 9.97 Å². The second-order valence-electron chi connectivity index (χ2n) is 3.90. The second-order valence-corrected chi connectivity index (χ2v) is 4.75. The van der Waals surface area contributed by atoms with E-state index < -0.39 is 0 Å². The highest BCUT2D eigenvalue weighted by Gasteiger charge is 2.17. The highest BCUT2D eigenvalue weighted by molar-refractivity contribution is 7.17. The molecule has 0 N–H and O–H groups in total. The lowest BCUT2D eigenvalue weighted by Gasteiger charge is -2.28. The minimum absolute atomic E-state index is 0.786. The molecule has 0 aliphatic carbocycles. The quantitative estimate of drug-likeness (QED) is 0.794. The van der Waals surface area contributed by atoms with Crippen molar-refractivity contribution in [2.24, 2.45) is 0 Å². The number of hydrogen-bond donors (Lipinski definition) is 0. The summed E-state index contributed by atoms with van der Waals surface area (Å²) >= 11 is 1.68. The van der Waals surface area contributed by atoms with Crippen LogP contribution in [0.4, 0.5) is 5.82 Å². The van der Waals surface area contributed by atoms with E-state index in [1.165, 1.54) is 10.9 Å². The Kier molecular flexibility index (Phi) is 4.49. The maximum absolute atomic E-state index is 5.36. The fourth-order valence-electron chi connectivity index (χ4n) is 2.01. The van der Waals surface area contributed by atoms with Gasteiger partial charge in [-0.25, -0.2) is 9.97 Å². The molecule has 4 nitrogen and oxygen atoms in total. The molecule has 0 saturated carbocycles. The molecule has 3 heterocycles. The average Bonchev–Trinajstić information content (AvgIpc) is 2.84. The van der Waals surface area contributed by atoms with Gasteiger partial charge in [0.1, 0.15) is 17.0 Å². The zero-order chi connectivity index (χ0) is 13.0. The van der Waals surface area contributed by atoms with Crippen LogP contribution in [-0.4, -0.2) is 36.3 Å². The van der Waals surface area contributed by atoms with Gasteiger partial charge in [-0.15, -0.1) is 11.3 Å². The summed E-state index contributed by atoms with van der Waals surface area (Å²) in [7, 11) is 0. The maximum Gasteiger partial charge on any atom is 0.141 e. The van der Waals surface area contributed by atoms with Gasteiger partial charge in [0.15, 0.2) is 0 Å². The summed E-state index contributed by atoms with van der Waals surface area (Å²) < 4.78 is 5.36. The molecule has 18 heavy (non-hydrogen) atoms. The molecule has 3 rings (SSSR count). The third kappa shape index (κ3) is 2.47. The summed E-state index contributed by atoms with van der Waals surface area (Å²) in [5.74, 6) is 1.06. The molecule has 5 heteroatoms. The molecule has 0 spiro atoms. The number of anilines is 1. The van der Waals surface area contributed by atoms with Crippen LogP contribution in [-0.2, 0) is 4.74 Å². The molecule has 0 atom stereocenters. The van der Waals surface area contributed by atoms with Crippen molar-refractivity contribution in [2.75, 3.05) is 31.2 Å². The summed E-state index contributed by atoms with van der Waals surface area (Å²) in [6, 6.07) is 0. The standard InChI is InChI=1S/C11H13N3OS.C2H6/c1-8-6-16-11-9(8)10(12-7-13-11)14-2-4-15-5-3-14;1-2/h6-7H,2-5H2,1H3;1-2H3. The molecule has 1 aliphatic heterocycles. The number of fused-ring (bicyclic) bond motifs is 1. The van der Waals surface area contributed by atoms with Crippen LogP contribution in [0.1, 0.15) is 19.4 Å². The molecule has 2 aromatic heterocycles. The fraction of sp³-hybridized carbons (Fsp3) is 0.538. The van der Waals surface area contributed by atoms with Gasteiger partial charge in [0.25, 0.3) is 0 Å². The van der Waals surface area contributed by atoms with Gasteiger partial charge in [0.2, 0.25) is 0 Å². The molecule has 0 unspecified atom stereocenters. The van der Waals surface area contributed by atoms with Gasteiger partial charge in [0, 0.05) is 13.1 Å². The van der Waals surface area contributed by atoms with Crippen molar-refractivity contribution in [2.45, 2.75) is 20.8 Å². The van der Waals surface area contributed by atoms with Gasteiger partial charge < -0.3 is 9.64 Å². The summed E-state index contributed by atoms with van der Waals surface area (Å²) in [4.78, 5) is 12.1. The Morgan fingerprint density at radius 3 is 2.67 bits per heavy atom. The average molecular weight is 265 g/mol. The number of hydrogen-bond acceptors (Lipinski definition) is 5. The highest BCUT2D eigenvalue weighted by Crippen LogP contribution is 2.30. The third-order valence-electron chi connectivity index (χ3n) is 2.84. The summed E-state index contributed by atoms with van der Waals surface area (Å²) in [6.45, 7) is 9.53. The first-order valence-corrected chi connectivity index (χ1v) is 7.26. The van der Waals surface area contributed by atoms with Crippen molar-refractivity contribution >= 4 is 27.4 Å². The SMILES string of the molecule is CC.Cc1csc2ncnc(N3CCOCC3)c12. The van der Waals surface area contributed by atoms with Crippen molar-refractivity contribution in [3.8, 4) is 0 Å². The van der Waals surface area contributed by atoms with Crippen LogP contribution < -0.4 is 4.90 Å². The molecular formula is C13H19N3OS. The van der Waals surface area contributed by atoms with E-state index in [9.17, 15) is 0 Å². The van der Waals surface area contributed by atoms with Gasteiger partial charge in [0.05, 0.1) is 18.6 Å². The van der Waals surface area contributed by atoms with E-state index in [4.69, 9.17) is 4.74 Å². The van der Waals surface area contributed by atoms with Crippen molar-refractivity contribution in [3.05, 3.63) is 17.3 Å². The molecule has 98 valence electrons. The topological polar surface area (TPSA) is 38.2 Å². The Labute approximate surface area is 112 Å². The monoisotopic (exact) mass is 265 g/mol. The summed E-state index contributed by atoms with van der Waals surface area (Å²) in [6.07, 6.45) is 1.66. The van der Waals surface area contributed by atoms with E-state index in [0.29, 0.717) is 0 Å². The van der Waals surface area contributed by atoms with Crippen LogP contribution in [0.15, 0.2) is 11.7 Å². The van der Waals surface area contributed by atoms with E-state index in [2.05, 4.69) is 27.2 Å². The molecule has 0 bridgehead atoms. The van der Waals surface area contributed by atoms with E-state index in [1.54, 1.807) is 17.7 Å². The fourth-order valence-corrected chi connectivity index (χ4v) is 2.90. The second kappa shape index (κ2) is 6.11. The maximum atomic E-state index is 5.36. The third-order valence-corrected chi connectivity index (χ3v) is 3.85. The lowest BCUT2D eigenvalue weighted by atomic mass is 10.2. The number of aromatic nitrogens is 2. The lowest BCUT2D eigenvalue weighted by Crippen LogP contribution is -2.36. The molecule has 0 amide bonds. The first kappa shape index (κ1) is 13.2. The summed E-state index contributed by atoms with van der Waals surface area (Å²) in [5, 5.41) is 3.35. The predicted molar refractivity (Wildman–Crippen MR) is 76.5 cm³/mol. The predicted octanol–water partition coefficient (Wildman–Crippen LogP) is 2.86. The van der Waals surface area contributed by atoms with Crippen molar-refractivity contribution < 1.29 is 4.74 Å². The zero-order valence-corrected chi connectivity index (χ0v) is 12.0. The molecule has 2 aromatic rings. The van der Waals surface area contributed by atoms with Crippen molar-refractivity contribution in [3.63, 3.8) is 0 Å².